The molecule has 0 fully saturated rings. The van der Waals surface area contributed by atoms with E-state index in [-0.39, 0.29) is 17.8 Å². The lowest BCUT2D eigenvalue weighted by Crippen LogP contribution is -2.16. The molecule has 0 saturated carbocycles. The van der Waals surface area contributed by atoms with E-state index >= 15 is 0 Å². The minimum Gasteiger partial charge on any atom is -0.305 e. The molecule has 27 heavy (non-hydrogen) atoms. The number of amides is 1. The fraction of sp³-hybridized carbons (Fsp3) is 0.200. The number of terminal acetylenes is 1. The standard InChI is InChI=1S/C20H17N3O3S/c1-4-10-22-16-9-7-14(5-2)11-18(16)27-20(22)21-19(24)15-8-6-13(3)17(12-15)23(25)26/h1,6-9,11-12H,5,10H2,2-3H3. The van der Waals surface area contributed by atoms with Gasteiger partial charge in [-0.05, 0) is 37.1 Å². The number of carbonyl (C=O) groups excluding carboxylic acids is 1. The molecule has 1 amide bonds. The third-order valence-electron chi connectivity index (χ3n) is 4.25. The molecule has 0 aliphatic rings. The van der Waals surface area contributed by atoms with Crippen LogP contribution < -0.4 is 4.80 Å². The summed E-state index contributed by atoms with van der Waals surface area (Å²) in [6, 6.07) is 10.4. The van der Waals surface area contributed by atoms with Gasteiger partial charge in [-0.15, -0.1) is 6.42 Å². The molecule has 0 atom stereocenters. The van der Waals surface area contributed by atoms with Gasteiger partial charge in [-0.2, -0.15) is 4.99 Å². The highest BCUT2D eigenvalue weighted by Gasteiger charge is 2.15. The Hall–Kier alpha value is -3.24. The number of aromatic nitrogens is 1. The Morgan fingerprint density at radius 3 is 2.78 bits per heavy atom. The average Bonchev–Trinajstić information content (AvgIpc) is 2.98. The van der Waals surface area contributed by atoms with Gasteiger partial charge < -0.3 is 4.57 Å². The Labute approximate surface area is 160 Å². The second kappa shape index (κ2) is 7.56. The first kappa shape index (κ1) is 18.5. The van der Waals surface area contributed by atoms with Gasteiger partial charge in [0.2, 0.25) is 0 Å². The van der Waals surface area contributed by atoms with Gasteiger partial charge in [0.25, 0.3) is 11.6 Å². The summed E-state index contributed by atoms with van der Waals surface area (Å²) >= 11 is 1.38. The number of hydrogen-bond donors (Lipinski definition) is 0. The van der Waals surface area contributed by atoms with Crippen LogP contribution in [-0.4, -0.2) is 15.4 Å². The van der Waals surface area contributed by atoms with Gasteiger partial charge >= 0.3 is 0 Å². The SMILES string of the molecule is C#CCn1c(=NC(=O)c2ccc(C)c([N+](=O)[O-])c2)sc2cc(CC)ccc21. The van der Waals surface area contributed by atoms with Crippen LogP contribution in [0.3, 0.4) is 0 Å². The Balaban J connectivity index is 2.13. The molecular formula is C20H17N3O3S. The van der Waals surface area contributed by atoms with E-state index in [9.17, 15) is 14.9 Å². The predicted molar refractivity (Wildman–Crippen MR) is 106 cm³/mol. The highest BCUT2D eigenvalue weighted by atomic mass is 32.1. The molecule has 0 unspecified atom stereocenters. The average molecular weight is 379 g/mol. The van der Waals surface area contributed by atoms with Crippen LogP contribution >= 0.6 is 11.3 Å². The fourth-order valence-electron chi connectivity index (χ4n) is 2.76. The highest BCUT2D eigenvalue weighted by molar-refractivity contribution is 7.16. The zero-order valence-electron chi connectivity index (χ0n) is 14.9. The predicted octanol–water partition coefficient (Wildman–Crippen LogP) is 3.86. The summed E-state index contributed by atoms with van der Waals surface area (Å²) in [5.41, 5.74) is 2.66. The van der Waals surface area contributed by atoms with Crippen LogP contribution in [0, 0.1) is 29.4 Å². The molecule has 1 aromatic heterocycles. The van der Waals surface area contributed by atoms with E-state index in [0.29, 0.717) is 10.4 Å². The minimum atomic E-state index is -0.536. The molecule has 0 N–H and O–H groups in total. The van der Waals surface area contributed by atoms with Gasteiger partial charge in [0.1, 0.15) is 0 Å². The van der Waals surface area contributed by atoms with Crippen molar-refractivity contribution in [2.24, 2.45) is 4.99 Å². The minimum absolute atomic E-state index is 0.100. The zero-order chi connectivity index (χ0) is 19.6. The van der Waals surface area contributed by atoms with Crippen molar-refractivity contribution in [2.45, 2.75) is 26.8 Å². The smallest absolute Gasteiger partial charge is 0.279 e. The summed E-state index contributed by atoms with van der Waals surface area (Å²) < 4.78 is 2.80. The normalized spacial score (nSPS) is 11.5. The van der Waals surface area contributed by atoms with Crippen molar-refractivity contribution < 1.29 is 9.72 Å². The van der Waals surface area contributed by atoms with E-state index < -0.39 is 10.8 Å². The number of carbonyl (C=O) groups is 1. The molecule has 0 spiro atoms. The van der Waals surface area contributed by atoms with E-state index in [2.05, 4.69) is 23.9 Å². The van der Waals surface area contributed by atoms with Gasteiger partial charge in [0.15, 0.2) is 4.80 Å². The molecule has 0 radical (unpaired) electrons. The molecule has 0 bridgehead atoms. The number of benzene rings is 2. The van der Waals surface area contributed by atoms with Crippen molar-refractivity contribution in [1.82, 2.24) is 4.57 Å². The Bertz CT molecular complexity index is 1170. The molecule has 3 rings (SSSR count). The third kappa shape index (κ3) is 3.66. The molecule has 0 aliphatic carbocycles. The van der Waals surface area contributed by atoms with Crippen LogP contribution in [-0.2, 0) is 13.0 Å². The molecule has 0 saturated heterocycles. The van der Waals surface area contributed by atoms with Gasteiger partial charge in [-0.25, -0.2) is 0 Å². The molecule has 3 aromatic rings. The van der Waals surface area contributed by atoms with Gasteiger partial charge in [-0.3, -0.25) is 14.9 Å². The number of nitrogens with zero attached hydrogens (tertiary/aromatic N) is 3. The third-order valence-corrected chi connectivity index (χ3v) is 5.30. The second-order valence-electron chi connectivity index (χ2n) is 6.01. The van der Waals surface area contributed by atoms with Crippen LogP contribution in [0.4, 0.5) is 5.69 Å². The number of rotatable bonds is 4. The lowest BCUT2D eigenvalue weighted by Gasteiger charge is -2.01. The van der Waals surface area contributed by atoms with E-state index in [0.717, 1.165) is 16.6 Å². The maximum atomic E-state index is 12.6. The van der Waals surface area contributed by atoms with Crippen molar-refractivity contribution in [3.63, 3.8) is 0 Å². The van der Waals surface area contributed by atoms with Gasteiger partial charge in [0.05, 0.1) is 21.7 Å². The largest absolute Gasteiger partial charge is 0.305 e. The van der Waals surface area contributed by atoms with E-state index in [1.165, 1.54) is 23.0 Å². The summed E-state index contributed by atoms with van der Waals surface area (Å²) in [7, 11) is 0. The van der Waals surface area contributed by atoms with Crippen LogP contribution in [0.15, 0.2) is 41.4 Å². The highest BCUT2D eigenvalue weighted by Crippen LogP contribution is 2.21. The van der Waals surface area contributed by atoms with Crippen LogP contribution in [0.5, 0.6) is 0 Å². The number of fused-ring (bicyclic) bond motifs is 1. The number of hydrogen-bond acceptors (Lipinski definition) is 4. The molecule has 1 heterocycles. The maximum Gasteiger partial charge on any atom is 0.279 e. The summed E-state index contributed by atoms with van der Waals surface area (Å²) in [4.78, 5) is 27.9. The molecule has 7 heteroatoms. The lowest BCUT2D eigenvalue weighted by molar-refractivity contribution is -0.385. The Morgan fingerprint density at radius 1 is 1.33 bits per heavy atom. The van der Waals surface area contributed by atoms with E-state index in [1.807, 2.05) is 12.1 Å². The Morgan fingerprint density at radius 2 is 2.11 bits per heavy atom. The summed E-state index contributed by atoms with van der Waals surface area (Å²) in [5.74, 6) is 2.05. The molecule has 6 nitrogen and oxygen atoms in total. The zero-order valence-corrected chi connectivity index (χ0v) is 15.7. The van der Waals surface area contributed by atoms with Crippen LogP contribution in [0.1, 0.15) is 28.4 Å². The summed E-state index contributed by atoms with van der Waals surface area (Å²) in [5, 5.41) is 11.1. The molecule has 2 aromatic carbocycles. The number of aryl methyl sites for hydroxylation is 2. The molecular weight excluding hydrogens is 362 g/mol. The van der Waals surface area contributed by atoms with Gasteiger partial charge in [-0.1, -0.05) is 36.3 Å². The first-order valence-electron chi connectivity index (χ1n) is 8.34. The fourth-order valence-corrected chi connectivity index (χ4v) is 3.85. The summed E-state index contributed by atoms with van der Waals surface area (Å²) in [6.45, 7) is 3.98. The van der Waals surface area contributed by atoms with Crippen molar-refractivity contribution in [1.29, 1.82) is 0 Å². The quantitative estimate of drug-likeness (QED) is 0.392. The number of thiazole rings is 1. The first-order chi connectivity index (χ1) is 12.9. The Kier molecular flexibility index (Phi) is 5.19. The topological polar surface area (TPSA) is 77.5 Å². The van der Waals surface area contributed by atoms with Crippen molar-refractivity contribution >= 4 is 33.1 Å². The molecule has 136 valence electrons. The van der Waals surface area contributed by atoms with Crippen LogP contribution in [0.25, 0.3) is 10.2 Å². The van der Waals surface area contributed by atoms with E-state index in [4.69, 9.17) is 6.42 Å². The molecule has 0 aliphatic heterocycles. The summed E-state index contributed by atoms with van der Waals surface area (Å²) in [6.07, 6.45) is 6.38. The maximum absolute atomic E-state index is 12.6. The first-order valence-corrected chi connectivity index (χ1v) is 9.16. The number of nitro groups is 1. The van der Waals surface area contributed by atoms with Gasteiger partial charge in [0, 0.05) is 17.2 Å². The van der Waals surface area contributed by atoms with Crippen molar-refractivity contribution in [2.75, 3.05) is 0 Å². The monoisotopic (exact) mass is 379 g/mol. The van der Waals surface area contributed by atoms with E-state index in [1.54, 1.807) is 23.6 Å². The lowest BCUT2D eigenvalue weighted by atomic mass is 10.1. The van der Waals surface area contributed by atoms with Crippen molar-refractivity contribution in [3.05, 3.63) is 68.0 Å². The van der Waals surface area contributed by atoms with Crippen LogP contribution in [0.2, 0.25) is 0 Å². The second-order valence-corrected chi connectivity index (χ2v) is 7.01. The number of nitro benzene ring substituents is 1. The van der Waals surface area contributed by atoms with Crippen molar-refractivity contribution in [3.8, 4) is 12.3 Å².